The summed E-state index contributed by atoms with van der Waals surface area (Å²) >= 11 is 0. The third-order valence-corrected chi connectivity index (χ3v) is 9.38. The minimum atomic E-state index is -1.95. The molecule has 2 aliphatic carbocycles. The Morgan fingerprint density at radius 1 is 0.882 bits per heavy atom. The number of hydrogen-bond acceptors (Lipinski definition) is 2. The van der Waals surface area contributed by atoms with E-state index >= 15 is 0 Å². The molecule has 0 bridgehead atoms. The van der Waals surface area contributed by atoms with Gasteiger partial charge in [0.05, 0.1) is 0 Å². The number of rotatable bonds is 4. The molecule has 0 heterocycles. The van der Waals surface area contributed by atoms with Crippen LogP contribution in [-0.4, -0.2) is 15.1 Å². The molecule has 2 saturated carbocycles. The average molecular weight is 255 g/mol. The van der Waals surface area contributed by atoms with Crippen molar-refractivity contribution >= 4 is 8.48 Å². The van der Waals surface area contributed by atoms with Crippen molar-refractivity contribution in [3.63, 3.8) is 0 Å². The molecule has 2 rings (SSSR count). The van der Waals surface area contributed by atoms with Crippen molar-refractivity contribution in [2.75, 3.05) is 6.61 Å². The summed E-state index contributed by atoms with van der Waals surface area (Å²) in [6.07, 6.45) is 13.8. The van der Waals surface area contributed by atoms with Gasteiger partial charge in [-0.15, -0.1) is 0 Å². The molecule has 0 amide bonds. The Morgan fingerprint density at radius 3 is 1.65 bits per heavy atom. The van der Waals surface area contributed by atoms with Crippen LogP contribution in [0.15, 0.2) is 0 Å². The van der Waals surface area contributed by atoms with Crippen LogP contribution >= 0.6 is 0 Å². The minimum Gasteiger partial charge on any atom is -0.403 e. The van der Waals surface area contributed by atoms with Gasteiger partial charge in [-0.3, -0.25) is 0 Å². The van der Waals surface area contributed by atoms with Crippen LogP contribution in [0.3, 0.4) is 0 Å². The summed E-state index contributed by atoms with van der Waals surface area (Å²) in [6, 6.07) is 0. The summed E-state index contributed by atoms with van der Waals surface area (Å²) < 4.78 is 6.23. The van der Waals surface area contributed by atoms with E-state index < -0.39 is 8.48 Å². The lowest BCUT2D eigenvalue weighted by Gasteiger charge is -2.43. The first-order valence-electron chi connectivity index (χ1n) is 7.70. The second kappa shape index (κ2) is 6.35. The van der Waals surface area contributed by atoms with Crippen LogP contribution in [0.5, 0.6) is 0 Å². The molecule has 2 N–H and O–H groups in total. The van der Waals surface area contributed by atoms with E-state index in [1.807, 2.05) is 0 Å². The predicted molar refractivity (Wildman–Crippen MR) is 75.2 cm³/mol. The monoisotopic (exact) mass is 255 g/mol. The highest BCUT2D eigenvalue weighted by molar-refractivity contribution is 6.73. The van der Waals surface area contributed by atoms with Crippen molar-refractivity contribution < 1.29 is 4.43 Å². The van der Waals surface area contributed by atoms with E-state index in [0.717, 1.165) is 17.7 Å². The van der Waals surface area contributed by atoms with Crippen molar-refractivity contribution in [3.05, 3.63) is 0 Å². The van der Waals surface area contributed by atoms with Crippen molar-refractivity contribution in [1.82, 2.24) is 0 Å². The molecule has 0 aromatic heterocycles. The van der Waals surface area contributed by atoms with E-state index in [-0.39, 0.29) is 0 Å². The van der Waals surface area contributed by atoms with E-state index in [1.54, 1.807) is 0 Å². The molecule has 0 aliphatic heterocycles. The van der Waals surface area contributed by atoms with Gasteiger partial charge in [-0.2, -0.15) is 0 Å². The van der Waals surface area contributed by atoms with Gasteiger partial charge in [0.15, 0.2) is 0 Å². The van der Waals surface area contributed by atoms with E-state index in [2.05, 4.69) is 6.92 Å². The average Bonchev–Trinajstić information content (AvgIpc) is 2.41. The molecule has 0 aromatic carbocycles. The zero-order valence-electron chi connectivity index (χ0n) is 11.4. The molecule has 0 radical (unpaired) electrons. The van der Waals surface area contributed by atoms with Crippen molar-refractivity contribution in [2.45, 2.75) is 82.2 Å². The molecule has 0 spiro atoms. The number of nitrogens with two attached hydrogens (primary N) is 1. The quantitative estimate of drug-likeness (QED) is 0.768. The van der Waals surface area contributed by atoms with Crippen molar-refractivity contribution in [3.8, 4) is 0 Å². The van der Waals surface area contributed by atoms with Crippen LogP contribution in [0.1, 0.15) is 71.1 Å². The van der Waals surface area contributed by atoms with E-state index in [4.69, 9.17) is 9.83 Å². The molecule has 17 heavy (non-hydrogen) atoms. The molecule has 0 saturated heterocycles. The van der Waals surface area contributed by atoms with E-state index in [9.17, 15) is 0 Å². The summed E-state index contributed by atoms with van der Waals surface area (Å²) in [5, 5.41) is 6.87. The second-order valence-corrected chi connectivity index (χ2v) is 9.59. The summed E-state index contributed by atoms with van der Waals surface area (Å²) in [6.45, 7) is 2.95. The third kappa shape index (κ3) is 3.12. The van der Waals surface area contributed by atoms with E-state index in [1.165, 1.54) is 64.2 Å². The summed E-state index contributed by atoms with van der Waals surface area (Å²) in [7, 11) is -1.95. The Balaban J connectivity index is 2.05. The Kier molecular flexibility index (Phi) is 5.06. The molecule has 2 aliphatic rings. The fourth-order valence-electron chi connectivity index (χ4n) is 3.93. The maximum absolute atomic E-state index is 6.87. The predicted octanol–water partition coefficient (Wildman–Crippen LogP) is 4.09. The first-order chi connectivity index (χ1) is 8.27. The largest absolute Gasteiger partial charge is 0.403 e. The molecular formula is C14H29NOSi. The standard InChI is InChI=1S/C14H29NOSi/c1-2-16-17(15,13-9-5-3-6-10-13)14-11-7-4-8-12-14/h13-14H,2-12,15H2,1H3. The normalized spacial score (nSPS) is 25.1. The molecule has 0 aromatic rings. The first-order valence-corrected chi connectivity index (χ1v) is 9.84. The fourth-order valence-corrected chi connectivity index (χ4v) is 8.19. The van der Waals surface area contributed by atoms with Gasteiger partial charge in [0.1, 0.15) is 0 Å². The Morgan fingerprint density at radius 2 is 1.29 bits per heavy atom. The van der Waals surface area contributed by atoms with Crippen LogP contribution in [0.2, 0.25) is 11.1 Å². The van der Waals surface area contributed by atoms with Gasteiger partial charge < -0.3 is 9.83 Å². The maximum atomic E-state index is 6.87. The van der Waals surface area contributed by atoms with Crippen LogP contribution in [0.25, 0.3) is 0 Å². The van der Waals surface area contributed by atoms with Gasteiger partial charge >= 0.3 is 0 Å². The first kappa shape index (κ1) is 13.6. The van der Waals surface area contributed by atoms with Crippen molar-refractivity contribution in [2.24, 2.45) is 5.40 Å². The minimum absolute atomic E-state index is 0.749. The lowest BCUT2D eigenvalue weighted by molar-refractivity contribution is 0.273. The Labute approximate surface area is 108 Å². The summed E-state index contributed by atoms with van der Waals surface area (Å²) in [5.41, 5.74) is 1.50. The maximum Gasteiger partial charge on any atom is 0.272 e. The molecular weight excluding hydrogens is 226 g/mol. The second-order valence-electron chi connectivity index (χ2n) is 5.96. The van der Waals surface area contributed by atoms with Gasteiger partial charge in [0, 0.05) is 6.61 Å². The molecule has 100 valence electrons. The zero-order chi connectivity index (χ0) is 12.1. The van der Waals surface area contributed by atoms with Gasteiger partial charge in [0.2, 0.25) is 0 Å². The topological polar surface area (TPSA) is 35.2 Å². The van der Waals surface area contributed by atoms with Gasteiger partial charge in [0.25, 0.3) is 8.48 Å². The smallest absolute Gasteiger partial charge is 0.272 e. The van der Waals surface area contributed by atoms with Gasteiger partial charge in [-0.25, -0.2) is 0 Å². The molecule has 3 heteroatoms. The highest BCUT2D eigenvalue weighted by atomic mass is 28.4. The zero-order valence-corrected chi connectivity index (χ0v) is 12.4. The molecule has 0 atom stereocenters. The highest BCUT2D eigenvalue weighted by Gasteiger charge is 2.47. The Bertz CT molecular complexity index is 204. The summed E-state index contributed by atoms with van der Waals surface area (Å²) in [4.78, 5) is 0. The third-order valence-electron chi connectivity index (χ3n) is 4.88. The molecule has 2 fully saturated rings. The van der Waals surface area contributed by atoms with Crippen LogP contribution < -0.4 is 5.40 Å². The van der Waals surface area contributed by atoms with Crippen LogP contribution in [0, 0.1) is 0 Å². The lowest BCUT2D eigenvalue weighted by Crippen LogP contribution is -2.58. The Hall–Kier alpha value is 0.137. The lowest BCUT2D eigenvalue weighted by atomic mass is 9.99. The highest BCUT2D eigenvalue weighted by Crippen LogP contribution is 2.45. The van der Waals surface area contributed by atoms with E-state index in [0.29, 0.717) is 0 Å². The SMILES string of the molecule is CCO[Si](N)(C1CCCCC1)C1CCCCC1. The van der Waals surface area contributed by atoms with Gasteiger partial charge in [-0.05, 0) is 43.7 Å². The number of hydrogen-bond donors (Lipinski definition) is 1. The van der Waals surface area contributed by atoms with Gasteiger partial charge in [-0.1, -0.05) is 38.5 Å². The fraction of sp³-hybridized carbons (Fsp3) is 1.00. The molecule has 0 unspecified atom stereocenters. The molecule has 2 nitrogen and oxygen atoms in total. The summed E-state index contributed by atoms with van der Waals surface area (Å²) in [5.74, 6) is 0. The van der Waals surface area contributed by atoms with Crippen molar-refractivity contribution in [1.29, 1.82) is 0 Å². The van der Waals surface area contributed by atoms with Crippen LogP contribution in [-0.2, 0) is 4.43 Å². The van der Waals surface area contributed by atoms with Crippen LogP contribution in [0.4, 0.5) is 0 Å².